The van der Waals surface area contributed by atoms with Crippen molar-refractivity contribution in [1.29, 1.82) is 0 Å². The van der Waals surface area contributed by atoms with Gasteiger partial charge in [-0.25, -0.2) is 4.98 Å². The van der Waals surface area contributed by atoms with Crippen LogP contribution in [0.3, 0.4) is 0 Å². The second-order valence-corrected chi connectivity index (χ2v) is 4.24. The largest absolute Gasteiger partial charge is 0.394 e. The predicted molar refractivity (Wildman–Crippen MR) is 64.3 cm³/mol. The number of aromatic nitrogens is 1. The average molecular weight is 259 g/mol. The maximum absolute atomic E-state index is 10.7. The van der Waals surface area contributed by atoms with Crippen molar-refractivity contribution >= 4 is 23.3 Å². The van der Waals surface area contributed by atoms with Gasteiger partial charge >= 0.3 is 0 Å². The van der Waals surface area contributed by atoms with Crippen LogP contribution in [0.1, 0.15) is 0 Å². The Balaban J connectivity index is 2.83. The minimum absolute atomic E-state index is 0.0645. The fourth-order valence-electron chi connectivity index (χ4n) is 1.03. The predicted octanol–water partition coefficient (Wildman–Crippen LogP) is 0.477. The van der Waals surface area contributed by atoms with Crippen LogP contribution in [0.25, 0.3) is 0 Å². The van der Waals surface area contributed by atoms with E-state index in [9.17, 15) is 15.2 Å². The van der Waals surface area contributed by atoms with Gasteiger partial charge in [-0.2, -0.15) is 0 Å². The van der Waals surface area contributed by atoms with Crippen LogP contribution in [0.4, 0.5) is 11.5 Å². The quantitative estimate of drug-likeness (QED) is 0.387. The van der Waals surface area contributed by atoms with Crippen LogP contribution in [-0.4, -0.2) is 45.6 Å². The van der Waals surface area contributed by atoms with Crippen molar-refractivity contribution in [3.05, 3.63) is 22.2 Å². The van der Waals surface area contributed by atoms with Gasteiger partial charge in [0.25, 0.3) is 5.69 Å². The third kappa shape index (κ3) is 4.17. The highest BCUT2D eigenvalue weighted by molar-refractivity contribution is 7.99. The molecule has 1 heterocycles. The molecule has 0 aliphatic heterocycles. The molecule has 1 aromatic heterocycles. The topological polar surface area (TPSA) is 109 Å². The highest BCUT2D eigenvalue weighted by atomic mass is 32.2. The van der Waals surface area contributed by atoms with Crippen molar-refractivity contribution in [2.24, 2.45) is 0 Å². The van der Waals surface area contributed by atoms with E-state index in [4.69, 9.17) is 5.11 Å². The van der Waals surface area contributed by atoms with Gasteiger partial charge < -0.3 is 15.5 Å². The summed E-state index contributed by atoms with van der Waals surface area (Å²) < 4.78 is 0. The smallest absolute Gasteiger partial charge is 0.275 e. The Morgan fingerprint density at radius 3 is 2.88 bits per heavy atom. The number of anilines is 1. The number of pyridine rings is 1. The number of thioether (sulfide) groups is 1. The molecule has 0 saturated carbocycles. The molecular weight excluding hydrogens is 246 g/mol. The molecule has 3 N–H and O–H groups in total. The Morgan fingerprint density at radius 1 is 1.65 bits per heavy atom. The summed E-state index contributed by atoms with van der Waals surface area (Å²) in [4.78, 5) is 14.3. The fourth-order valence-corrected chi connectivity index (χ4v) is 1.87. The van der Waals surface area contributed by atoms with Crippen LogP contribution in [0.5, 0.6) is 0 Å². The number of hydrogen-bond donors (Lipinski definition) is 3. The second kappa shape index (κ2) is 6.38. The standard InChI is InChI=1S/C9H13N3O4S/c1-10-8-2-6(12(15)16)3-9(11-8)17-5-7(14)4-13/h2-3,7,13-14H,4-5H2,1H3,(H,10,11). The van der Waals surface area contributed by atoms with E-state index in [0.717, 1.165) is 11.8 Å². The molecule has 0 spiro atoms. The van der Waals surface area contributed by atoms with Crippen LogP contribution in [0.2, 0.25) is 0 Å². The summed E-state index contributed by atoms with van der Waals surface area (Å²) in [6.45, 7) is -0.346. The number of nitro groups is 1. The van der Waals surface area contributed by atoms with Crippen molar-refractivity contribution in [3.63, 3.8) is 0 Å². The summed E-state index contributed by atoms with van der Waals surface area (Å²) >= 11 is 1.15. The highest BCUT2D eigenvalue weighted by Crippen LogP contribution is 2.24. The molecule has 0 bridgehead atoms. The molecule has 0 radical (unpaired) electrons. The monoisotopic (exact) mass is 259 g/mol. The number of hydrogen-bond acceptors (Lipinski definition) is 7. The molecule has 1 aromatic rings. The van der Waals surface area contributed by atoms with Crippen molar-refractivity contribution < 1.29 is 15.1 Å². The SMILES string of the molecule is CNc1cc([N+](=O)[O-])cc(SCC(O)CO)n1. The van der Waals surface area contributed by atoms with E-state index < -0.39 is 11.0 Å². The maximum atomic E-state index is 10.7. The van der Waals surface area contributed by atoms with E-state index >= 15 is 0 Å². The third-order valence-electron chi connectivity index (χ3n) is 1.89. The van der Waals surface area contributed by atoms with E-state index in [-0.39, 0.29) is 18.0 Å². The van der Waals surface area contributed by atoms with Crippen molar-refractivity contribution in [3.8, 4) is 0 Å². The lowest BCUT2D eigenvalue weighted by Gasteiger charge is -2.07. The maximum Gasteiger partial charge on any atom is 0.275 e. The molecule has 0 aliphatic rings. The van der Waals surface area contributed by atoms with Gasteiger partial charge in [-0.1, -0.05) is 0 Å². The van der Waals surface area contributed by atoms with E-state index in [0.29, 0.717) is 10.8 Å². The zero-order valence-corrected chi connectivity index (χ0v) is 9.98. The van der Waals surface area contributed by atoms with Gasteiger partial charge in [0.05, 0.1) is 23.7 Å². The first-order valence-corrected chi connectivity index (χ1v) is 5.81. The fraction of sp³-hybridized carbons (Fsp3) is 0.444. The van der Waals surface area contributed by atoms with Crippen molar-refractivity contribution in [2.75, 3.05) is 24.7 Å². The van der Waals surface area contributed by atoms with Crippen molar-refractivity contribution in [2.45, 2.75) is 11.1 Å². The van der Waals surface area contributed by atoms with Crippen LogP contribution in [0.15, 0.2) is 17.2 Å². The minimum Gasteiger partial charge on any atom is -0.394 e. The van der Waals surface area contributed by atoms with Crippen LogP contribution in [0, 0.1) is 10.1 Å². The lowest BCUT2D eigenvalue weighted by Crippen LogP contribution is -2.14. The molecule has 7 nitrogen and oxygen atoms in total. The molecular formula is C9H13N3O4S. The Morgan fingerprint density at radius 2 is 2.35 bits per heavy atom. The number of rotatable bonds is 6. The summed E-state index contributed by atoms with van der Waals surface area (Å²) in [5.74, 6) is 0.619. The molecule has 0 fully saturated rings. The van der Waals surface area contributed by atoms with Gasteiger partial charge in [0.15, 0.2) is 0 Å². The lowest BCUT2D eigenvalue weighted by atomic mass is 10.4. The molecule has 1 unspecified atom stereocenters. The Labute approximate surface area is 102 Å². The first kappa shape index (κ1) is 13.7. The molecule has 0 aromatic carbocycles. The number of aliphatic hydroxyl groups is 2. The van der Waals surface area contributed by atoms with Gasteiger partial charge in [-0.3, -0.25) is 10.1 Å². The summed E-state index contributed by atoms with van der Waals surface area (Å²) in [5, 5.41) is 31.6. The first-order valence-electron chi connectivity index (χ1n) is 4.82. The zero-order valence-electron chi connectivity index (χ0n) is 9.16. The zero-order chi connectivity index (χ0) is 12.8. The van der Waals surface area contributed by atoms with Gasteiger partial charge in [-0.15, -0.1) is 11.8 Å². The minimum atomic E-state index is -0.862. The summed E-state index contributed by atoms with van der Waals surface area (Å²) in [7, 11) is 1.61. The van der Waals surface area contributed by atoms with Gasteiger partial charge in [0, 0.05) is 18.9 Å². The normalized spacial score (nSPS) is 12.2. The highest BCUT2D eigenvalue weighted by Gasteiger charge is 2.12. The van der Waals surface area contributed by atoms with E-state index in [1.54, 1.807) is 7.05 Å². The molecule has 17 heavy (non-hydrogen) atoms. The number of nitrogens with one attached hydrogen (secondary N) is 1. The molecule has 0 aliphatic carbocycles. The molecule has 1 atom stereocenters. The van der Waals surface area contributed by atoms with Gasteiger partial charge in [0.2, 0.25) is 0 Å². The van der Waals surface area contributed by atoms with Crippen LogP contribution < -0.4 is 5.32 Å². The lowest BCUT2D eigenvalue weighted by molar-refractivity contribution is -0.385. The van der Waals surface area contributed by atoms with Gasteiger partial charge in [0.1, 0.15) is 10.8 Å². The molecule has 94 valence electrons. The van der Waals surface area contributed by atoms with Gasteiger partial charge in [-0.05, 0) is 0 Å². The average Bonchev–Trinajstić information content (AvgIpc) is 2.35. The molecule has 1 rings (SSSR count). The van der Waals surface area contributed by atoms with E-state index in [1.165, 1.54) is 12.1 Å². The molecule has 0 amide bonds. The Hall–Kier alpha value is -1.38. The molecule has 0 saturated heterocycles. The number of aliphatic hydroxyl groups excluding tert-OH is 2. The Bertz CT molecular complexity index is 402. The third-order valence-corrected chi connectivity index (χ3v) is 2.94. The van der Waals surface area contributed by atoms with Crippen molar-refractivity contribution in [1.82, 2.24) is 4.98 Å². The van der Waals surface area contributed by atoms with Crippen LogP contribution in [-0.2, 0) is 0 Å². The Kier molecular flexibility index (Phi) is 5.13. The summed E-state index contributed by atoms with van der Waals surface area (Å²) in [6, 6.07) is 2.65. The van der Waals surface area contributed by atoms with E-state index in [2.05, 4.69) is 10.3 Å². The molecule has 8 heteroatoms. The second-order valence-electron chi connectivity index (χ2n) is 3.20. The number of nitrogens with zero attached hydrogens (tertiary/aromatic N) is 2. The summed E-state index contributed by atoms with van der Waals surface area (Å²) in [6.07, 6.45) is -0.862. The first-order chi connectivity index (χ1) is 8.06. The van der Waals surface area contributed by atoms with Crippen LogP contribution >= 0.6 is 11.8 Å². The summed E-state index contributed by atoms with van der Waals surface area (Å²) in [5.41, 5.74) is -0.0645. The van der Waals surface area contributed by atoms with E-state index in [1.807, 2.05) is 0 Å².